The number of aromatic carboxylic acids is 1. The van der Waals surface area contributed by atoms with E-state index in [0.717, 1.165) is 35.0 Å². The third kappa shape index (κ3) is 2.48. The van der Waals surface area contributed by atoms with E-state index >= 15 is 0 Å². The lowest BCUT2D eigenvalue weighted by Gasteiger charge is -2.17. The maximum atomic E-state index is 11.8. The number of nitrogens with zero attached hydrogens (tertiary/aromatic N) is 2. The summed E-state index contributed by atoms with van der Waals surface area (Å²) in [7, 11) is 0. The Morgan fingerprint density at radius 2 is 1.88 bits per heavy atom. The van der Waals surface area contributed by atoms with E-state index in [2.05, 4.69) is 9.72 Å². The maximum Gasteiger partial charge on any atom is 0.337 e. The van der Waals surface area contributed by atoms with Gasteiger partial charge in [-0.2, -0.15) is 0 Å². The Morgan fingerprint density at radius 3 is 2.60 bits per heavy atom. The quantitative estimate of drug-likeness (QED) is 0.563. The number of rotatable bonds is 3. The molecule has 0 fully saturated rings. The van der Waals surface area contributed by atoms with Crippen molar-refractivity contribution in [2.75, 3.05) is 0 Å². The van der Waals surface area contributed by atoms with Crippen LogP contribution in [0.2, 0.25) is 0 Å². The number of aromatic nitrogens is 1. The van der Waals surface area contributed by atoms with Gasteiger partial charge >= 0.3 is 5.97 Å². The van der Waals surface area contributed by atoms with Crippen LogP contribution >= 0.6 is 0 Å². The molecule has 0 atom stereocenters. The standard InChI is InChI=1S/C20H18N2O3/c23-20(24)15-9-4-8-14-18-16(21-25)10-5-11-17(18)22(19(14)15)12-13-6-2-1-3-7-13/h1-4,6-9,25H,5,10-12H2,(H,23,24)/b21-16+. The summed E-state index contributed by atoms with van der Waals surface area (Å²) in [5.74, 6) is -0.947. The van der Waals surface area contributed by atoms with Crippen molar-refractivity contribution >= 4 is 22.6 Å². The maximum absolute atomic E-state index is 11.8. The summed E-state index contributed by atoms with van der Waals surface area (Å²) in [5.41, 5.74) is 4.66. The Kier molecular flexibility index (Phi) is 3.76. The van der Waals surface area contributed by atoms with Crippen molar-refractivity contribution < 1.29 is 15.1 Å². The highest BCUT2D eigenvalue weighted by Gasteiger charge is 2.27. The van der Waals surface area contributed by atoms with Gasteiger partial charge in [-0.3, -0.25) is 0 Å². The minimum atomic E-state index is -0.947. The van der Waals surface area contributed by atoms with Crippen molar-refractivity contribution in [2.24, 2.45) is 5.16 Å². The summed E-state index contributed by atoms with van der Waals surface area (Å²) in [6, 6.07) is 15.3. The molecular weight excluding hydrogens is 316 g/mol. The van der Waals surface area contributed by atoms with Crippen molar-refractivity contribution in [1.29, 1.82) is 0 Å². The Hall–Kier alpha value is -3.08. The van der Waals surface area contributed by atoms with Crippen LogP contribution < -0.4 is 0 Å². The molecule has 0 unspecified atom stereocenters. The number of carbonyl (C=O) groups is 1. The van der Waals surface area contributed by atoms with Gasteiger partial charge in [0.1, 0.15) is 0 Å². The normalized spacial score (nSPS) is 15.4. The van der Waals surface area contributed by atoms with Gasteiger partial charge in [0.15, 0.2) is 0 Å². The van der Waals surface area contributed by atoms with Gasteiger partial charge in [0.2, 0.25) is 0 Å². The van der Waals surface area contributed by atoms with Gasteiger partial charge in [-0.1, -0.05) is 47.6 Å². The van der Waals surface area contributed by atoms with Crippen LogP contribution in [0, 0.1) is 0 Å². The molecular formula is C20H18N2O3. The number of para-hydroxylation sites is 1. The van der Waals surface area contributed by atoms with E-state index in [1.807, 2.05) is 36.4 Å². The molecule has 4 rings (SSSR count). The third-order valence-corrected chi connectivity index (χ3v) is 4.84. The highest BCUT2D eigenvalue weighted by molar-refractivity contribution is 6.16. The van der Waals surface area contributed by atoms with E-state index in [1.54, 1.807) is 12.1 Å². The van der Waals surface area contributed by atoms with Gasteiger partial charge < -0.3 is 14.9 Å². The average molecular weight is 334 g/mol. The predicted molar refractivity (Wildman–Crippen MR) is 95.7 cm³/mol. The van der Waals surface area contributed by atoms with Crippen LogP contribution in [0.3, 0.4) is 0 Å². The zero-order valence-electron chi connectivity index (χ0n) is 13.6. The second-order valence-corrected chi connectivity index (χ2v) is 6.30. The van der Waals surface area contributed by atoms with Gasteiger partial charge in [0.25, 0.3) is 0 Å². The van der Waals surface area contributed by atoms with E-state index in [-0.39, 0.29) is 5.56 Å². The van der Waals surface area contributed by atoms with Crippen LogP contribution in [-0.2, 0) is 13.0 Å². The van der Waals surface area contributed by atoms with Crippen LogP contribution in [-0.4, -0.2) is 26.6 Å². The summed E-state index contributed by atoms with van der Waals surface area (Å²) in [5, 5.41) is 23.4. The molecule has 0 spiro atoms. The predicted octanol–water partition coefficient (Wildman–Crippen LogP) is 3.90. The molecule has 0 radical (unpaired) electrons. The molecule has 0 amide bonds. The smallest absolute Gasteiger partial charge is 0.337 e. The Balaban J connectivity index is 2.04. The molecule has 3 aromatic rings. The lowest BCUT2D eigenvalue weighted by atomic mass is 9.93. The third-order valence-electron chi connectivity index (χ3n) is 4.84. The molecule has 1 aliphatic carbocycles. The Labute approximate surface area is 144 Å². The largest absolute Gasteiger partial charge is 0.478 e. The number of carboxylic acids is 1. The Morgan fingerprint density at radius 1 is 1.08 bits per heavy atom. The van der Waals surface area contributed by atoms with Gasteiger partial charge in [-0.05, 0) is 30.9 Å². The first kappa shape index (κ1) is 15.4. The van der Waals surface area contributed by atoms with Crippen molar-refractivity contribution in [1.82, 2.24) is 4.57 Å². The number of benzene rings is 2. The summed E-state index contributed by atoms with van der Waals surface area (Å²) in [6.07, 6.45) is 2.43. The van der Waals surface area contributed by atoms with Crippen LogP contribution in [0.1, 0.15) is 40.0 Å². The van der Waals surface area contributed by atoms with E-state index in [9.17, 15) is 15.1 Å². The van der Waals surface area contributed by atoms with E-state index in [4.69, 9.17) is 0 Å². The van der Waals surface area contributed by atoms with Crippen LogP contribution in [0.4, 0.5) is 0 Å². The SMILES string of the molecule is O=C(O)c1cccc2c3c(n(Cc4ccccc4)c12)CCC/C3=N\O. The second-order valence-electron chi connectivity index (χ2n) is 6.30. The first-order chi connectivity index (χ1) is 12.2. The summed E-state index contributed by atoms with van der Waals surface area (Å²) in [6.45, 7) is 0.593. The molecule has 126 valence electrons. The molecule has 2 aromatic carbocycles. The molecule has 1 heterocycles. The number of oxime groups is 1. The number of carboxylic acid groups (broad SMARTS) is 1. The monoisotopic (exact) mass is 334 g/mol. The fraction of sp³-hybridized carbons (Fsp3) is 0.200. The highest BCUT2D eigenvalue weighted by atomic mass is 16.4. The number of hydrogen-bond acceptors (Lipinski definition) is 3. The summed E-state index contributed by atoms with van der Waals surface area (Å²) < 4.78 is 2.08. The van der Waals surface area contributed by atoms with Crippen LogP contribution in [0.25, 0.3) is 10.9 Å². The molecule has 0 bridgehead atoms. The van der Waals surface area contributed by atoms with Crippen molar-refractivity contribution in [3.05, 3.63) is 70.9 Å². The number of hydrogen-bond donors (Lipinski definition) is 2. The highest BCUT2D eigenvalue weighted by Crippen LogP contribution is 2.35. The zero-order chi connectivity index (χ0) is 17.4. The van der Waals surface area contributed by atoms with E-state index in [0.29, 0.717) is 24.2 Å². The van der Waals surface area contributed by atoms with Crippen molar-refractivity contribution in [3.8, 4) is 0 Å². The fourth-order valence-corrected chi connectivity index (χ4v) is 3.80. The minimum absolute atomic E-state index is 0.278. The van der Waals surface area contributed by atoms with Crippen LogP contribution in [0.15, 0.2) is 53.7 Å². The molecule has 0 aliphatic heterocycles. The molecule has 2 N–H and O–H groups in total. The summed E-state index contributed by atoms with van der Waals surface area (Å²) >= 11 is 0. The molecule has 5 heteroatoms. The second kappa shape index (κ2) is 6.09. The molecule has 1 aliphatic rings. The van der Waals surface area contributed by atoms with E-state index < -0.39 is 5.97 Å². The number of fused-ring (bicyclic) bond motifs is 3. The van der Waals surface area contributed by atoms with Gasteiger partial charge in [-0.15, -0.1) is 0 Å². The van der Waals surface area contributed by atoms with Gasteiger partial charge in [0.05, 0.1) is 16.8 Å². The first-order valence-electron chi connectivity index (χ1n) is 8.33. The molecule has 5 nitrogen and oxygen atoms in total. The first-order valence-corrected chi connectivity index (χ1v) is 8.33. The molecule has 0 saturated carbocycles. The minimum Gasteiger partial charge on any atom is -0.478 e. The lowest BCUT2D eigenvalue weighted by Crippen LogP contribution is -2.15. The molecule has 25 heavy (non-hydrogen) atoms. The van der Waals surface area contributed by atoms with Gasteiger partial charge in [-0.25, -0.2) is 4.79 Å². The van der Waals surface area contributed by atoms with E-state index in [1.165, 1.54) is 0 Å². The molecule has 0 saturated heterocycles. The lowest BCUT2D eigenvalue weighted by molar-refractivity contribution is 0.0698. The van der Waals surface area contributed by atoms with Crippen LogP contribution in [0.5, 0.6) is 0 Å². The van der Waals surface area contributed by atoms with Crippen molar-refractivity contribution in [3.63, 3.8) is 0 Å². The Bertz CT molecular complexity index is 987. The zero-order valence-corrected chi connectivity index (χ0v) is 13.6. The summed E-state index contributed by atoms with van der Waals surface area (Å²) in [4.78, 5) is 11.8. The fourth-order valence-electron chi connectivity index (χ4n) is 3.80. The average Bonchev–Trinajstić information content (AvgIpc) is 2.96. The van der Waals surface area contributed by atoms with Gasteiger partial charge in [0, 0.05) is 23.2 Å². The topological polar surface area (TPSA) is 74.8 Å². The van der Waals surface area contributed by atoms with Crippen molar-refractivity contribution in [2.45, 2.75) is 25.8 Å². The molecule has 1 aromatic heterocycles.